The van der Waals surface area contributed by atoms with Gasteiger partial charge < -0.3 is 15.6 Å². The molecule has 18 heavy (non-hydrogen) atoms. The van der Waals surface area contributed by atoms with Crippen LogP contribution in [0.2, 0.25) is 18.1 Å². The van der Waals surface area contributed by atoms with Crippen molar-refractivity contribution in [3.8, 4) is 5.75 Å². The summed E-state index contributed by atoms with van der Waals surface area (Å²) in [6, 6.07) is 9.37. The van der Waals surface area contributed by atoms with E-state index in [4.69, 9.17) is 10.5 Å². The quantitative estimate of drug-likeness (QED) is 0.651. The molecule has 0 aliphatic rings. The van der Waals surface area contributed by atoms with Crippen molar-refractivity contribution < 1.29 is 9.84 Å². The molecule has 1 rings (SSSR count). The van der Waals surface area contributed by atoms with Gasteiger partial charge in [-0.2, -0.15) is 0 Å². The molecule has 3 N–H and O–H groups in total. The van der Waals surface area contributed by atoms with Gasteiger partial charge in [0.1, 0.15) is 13.8 Å². The van der Waals surface area contributed by atoms with E-state index in [2.05, 4.69) is 33.9 Å². The normalized spacial score (nSPS) is 16.2. The predicted octanol–water partition coefficient (Wildman–Crippen LogP) is 2.76. The molecule has 0 saturated heterocycles. The summed E-state index contributed by atoms with van der Waals surface area (Å²) in [5, 5.41) is 10.8. The molecule has 1 aromatic rings. The van der Waals surface area contributed by atoms with Gasteiger partial charge in [0, 0.05) is 0 Å². The number of benzene rings is 1. The summed E-state index contributed by atoms with van der Waals surface area (Å²) >= 11 is 0. The monoisotopic (exact) mass is 267 g/mol. The Morgan fingerprint density at radius 3 is 2.06 bits per heavy atom. The average molecular weight is 267 g/mol. The zero-order chi connectivity index (χ0) is 14.0. The maximum atomic E-state index is 10.9. The largest absolute Gasteiger partial charge is 0.465 e. The van der Waals surface area contributed by atoms with Crippen LogP contribution in [0.15, 0.2) is 30.3 Å². The second-order valence-corrected chi connectivity index (χ2v) is 11.8. The minimum atomic E-state index is -2.13. The van der Waals surface area contributed by atoms with Crippen molar-refractivity contribution in [1.82, 2.24) is 0 Å². The van der Waals surface area contributed by atoms with Gasteiger partial charge in [0.2, 0.25) is 0 Å². The first-order chi connectivity index (χ1) is 8.14. The molecule has 0 aliphatic heterocycles. The van der Waals surface area contributed by atoms with E-state index < -0.39 is 13.5 Å². The van der Waals surface area contributed by atoms with E-state index >= 15 is 0 Å². The van der Waals surface area contributed by atoms with Gasteiger partial charge in [0.25, 0.3) is 0 Å². The van der Waals surface area contributed by atoms with Crippen molar-refractivity contribution in [2.24, 2.45) is 5.73 Å². The van der Waals surface area contributed by atoms with Crippen molar-refractivity contribution >= 4 is 8.07 Å². The molecule has 0 bridgehead atoms. The Hall–Kier alpha value is -0.843. The summed E-state index contributed by atoms with van der Waals surface area (Å²) in [4.78, 5) is 0. The number of nitrogens with two attached hydrogens (primary N) is 1. The highest BCUT2D eigenvalue weighted by Gasteiger charge is 2.54. The predicted molar refractivity (Wildman–Crippen MR) is 78.3 cm³/mol. The van der Waals surface area contributed by atoms with E-state index in [0.29, 0.717) is 5.75 Å². The first kappa shape index (κ1) is 15.2. The van der Waals surface area contributed by atoms with Gasteiger partial charge >= 0.3 is 0 Å². The zero-order valence-electron chi connectivity index (χ0n) is 12.0. The molecular weight excluding hydrogens is 242 g/mol. The van der Waals surface area contributed by atoms with Gasteiger partial charge in [-0.15, -0.1) is 0 Å². The summed E-state index contributed by atoms with van der Waals surface area (Å²) in [6.07, 6.45) is 0. The molecule has 0 aliphatic carbocycles. The topological polar surface area (TPSA) is 55.5 Å². The number of aliphatic hydroxyl groups is 1. The Morgan fingerprint density at radius 1 is 1.17 bits per heavy atom. The molecule has 0 unspecified atom stereocenters. The smallest absolute Gasteiger partial charge is 0.200 e. The summed E-state index contributed by atoms with van der Waals surface area (Å²) < 4.78 is 5.83. The molecule has 0 amide bonds. The average Bonchev–Trinajstić information content (AvgIpc) is 2.28. The summed E-state index contributed by atoms with van der Waals surface area (Å²) in [6.45, 7) is 10.7. The highest BCUT2D eigenvalue weighted by Crippen LogP contribution is 2.43. The number of hydrogen-bond acceptors (Lipinski definition) is 3. The lowest BCUT2D eigenvalue weighted by Gasteiger charge is -2.47. The van der Waals surface area contributed by atoms with E-state index in [9.17, 15) is 5.11 Å². The van der Waals surface area contributed by atoms with Crippen LogP contribution in [0.25, 0.3) is 0 Å². The summed E-state index contributed by atoms with van der Waals surface area (Å²) in [5.41, 5.74) is 4.54. The molecular formula is C14H25NO2Si. The fourth-order valence-electron chi connectivity index (χ4n) is 1.69. The van der Waals surface area contributed by atoms with Crippen LogP contribution in [0, 0.1) is 0 Å². The molecule has 0 radical (unpaired) electrons. The maximum absolute atomic E-state index is 10.9. The summed E-state index contributed by atoms with van der Waals surface area (Å²) in [5.74, 6) is 0.662. The van der Waals surface area contributed by atoms with Gasteiger partial charge in [-0.25, -0.2) is 0 Å². The highest BCUT2D eigenvalue weighted by molar-refractivity contribution is 6.82. The van der Waals surface area contributed by atoms with Crippen LogP contribution in [-0.4, -0.2) is 25.1 Å². The molecule has 102 valence electrons. The van der Waals surface area contributed by atoms with Crippen LogP contribution in [0.5, 0.6) is 5.75 Å². The molecule has 0 fully saturated rings. The lowest BCUT2D eigenvalue weighted by molar-refractivity contribution is -0.0670. The molecule has 0 aromatic heterocycles. The fraction of sp³-hybridized carbons (Fsp3) is 0.571. The van der Waals surface area contributed by atoms with Gasteiger partial charge in [0.05, 0.1) is 6.54 Å². The van der Waals surface area contributed by atoms with Crippen LogP contribution < -0.4 is 10.5 Å². The Bertz CT molecular complexity index is 387. The van der Waals surface area contributed by atoms with Crippen LogP contribution in [0.1, 0.15) is 20.8 Å². The zero-order valence-corrected chi connectivity index (χ0v) is 13.0. The van der Waals surface area contributed by atoms with E-state index in [1.165, 1.54) is 0 Å². The highest BCUT2D eigenvalue weighted by atomic mass is 28.3. The van der Waals surface area contributed by atoms with Crippen molar-refractivity contribution in [3.63, 3.8) is 0 Å². The molecule has 0 heterocycles. The first-order valence-corrected chi connectivity index (χ1v) is 9.30. The standard InChI is InChI=1S/C14H25NO2Si/c1-13(2,3)18(4,5)14(16,11-15)17-12-9-7-6-8-10-12/h6-10,16H,11,15H2,1-5H3/t14-/m1/s1. The van der Waals surface area contributed by atoms with Crippen molar-refractivity contribution in [2.75, 3.05) is 6.54 Å². The Morgan fingerprint density at radius 2 is 1.67 bits per heavy atom. The minimum Gasteiger partial charge on any atom is -0.465 e. The van der Waals surface area contributed by atoms with Gasteiger partial charge in [-0.05, 0) is 17.2 Å². The molecule has 0 saturated carbocycles. The third-order valence-electron chi connectivity index (χ3n) is 4.16. The van der Waals surface area contributed by atoms with E-state index in [0.717, 1.165) is 0 Å². The second kappa shape index (κ2) is 5.03. The Kier molecular flexibility index (Phi) is 4.25. The van der Waals surface area contributed by atoms with Crippen LogP contribution in [0.3, 0.4) is 0 Å². The Labute approximate surface area is 111 Å². The minimum absolute atomic E-state index is 0.00407. The van der Waals surface area contributed by atoms with Gasteiger partial charge in [0.15, 0.2) is 5.41 Å². The lowest BCUT2D eigenvalue weighted by Crippen LogP contribution is -2.66. The lowest BCUT2D eigenvalue weighted by atomic mass is 10.2. The third-order valence-corrected chi connectivity index (χ3v) is 10.2. The van der Waals surface area contributed by atoms with Gasteiger partial charge in [-0.3, -0.25) is 0 Å². The first-order valence-electron chi connectivity index (χ1n) is 6.30. The Balaban J connectivity index is 3.07. The van der Waals surface area contributed by atoms with Crippen LogP contribution in [0.4, 0.5) is 0 Å². The summed E-state index contributed by atoms with van der Waals surface area (Å²) in [7, 11) is -2.13. The SMILES string of the molecule is CC(C)(C)[Si](C)(C)[C@@](O)(CN)Oc1ccccc1. The second-order valence-electron chi connectivity index (χ2n) is 6.28. The van der Waals surface area contributed by atoms with E-state index in [-0.39, 0.29) is 11.6 Å². The van der Waals surface area contributed by atoms with E-state index in [1.54, 1.807) is 0 Å². The molecule has 0 spiro atoms. The molecule has 1 atom stereocenters. The molecule has 3 nitrogen and oxygen atoms in total. The number of para-hydroxylation sites is 1. The van der Waals surface area contributed by atoms with E-state index in [1.807, 2.05) is 30.3 Å². The van der Waals surface area contributed by atoms with Crippen molar-refractivity contribution in [1.29, 1.82) is 0 Å². The van der Waals surface area contributed by atoms with Gasteiger partial charge in [-0.1, -0.05) is 52.1 Å². The fourth-order valence-corrected chi connectivity index (χ4v) is 3.75. The van der Waals surface area contributed by atoms with Crippen molar-refractivity contribution in [2.45, 2.75) is 44.3 Å². The van der Waals surface area contributed by atoms with Crippen LogP contribution in [-0.2, 0) is 0 Å². The molecule has 4 heteroatoms. The third kappa shape index (κ3) is 2.76. The number of rotatable bonds is 4. The van der Waals surface area contributed by atoms with Crippen LogP contribution >= 0.6 is 0 Å². The molecule has 1 aromatic carbocycles. The number of hydrogen-bond donors (Lipinski definition) is 2. The number of ether oxygens (including phenoxy) is 1. The van der Waals surface area contributed by atoms with Crippen molar-refractivity contribution in [3.05, 3.63) is 30.3 Å². The maximum Gasteiger partial charge on any atom is 0.200 e.